The number of rotatable bonds is 2. The van der Waals surface area contributed by atoms with Crippen molar-refractivity contribution in [1.29, 1.82) is 0 Å². The average Bonchev–Trinajstić information content (AvgIpc) is 2.13. The van der Waals surface area contributed by atoms with Gasteiger partial charge in [-0.2, -0.15) is 0 Å². The van der Waals surface area contributed by atoms with Crippen molar-refractivity contribution in [3.05, 3.63) is 28.0 Å². The van der Waals surface area contributed by atoms with Crippen molar-refractivity contribution in [2.24, 2.45) is 5.73 Å². The van der Waals surface area contributed by atoms with Crippen LogP contribution in [0.15, 0.2) is 16.6 Å². The van der Waals surface area contributed by atoms with Crippen LogP contribution in [-0.2, 0) is 0 Å². The first-order chi connectivity index (χ1) is 6.45. The summed E-state index contributed by atoms with van der Waals surface area (Å²) in [6.45, 7) is 0. The minimum Gasteiger partial charge on any atom is -0.506 e. The van der Waals surface area contributed by atoms with Crippen LogP contribution in [0.4, 0.5) is 13.2 Å². The van der Waals surface area contributed by atoms with E-state index >= 15 is 0 Å². The van der Waals surface area contributed by atoms with Crippen LogP contribution < -0.4 is 5.73 Å². The SMILES string of the molecule is Cl.N[C@@H](c1ccc(F)c(Br)c1O)C(F)F. The number of aromatic hydroxyl groups is 1. The molecule has 0 aliphatic carbocycles. The van der Waals surface area contributed by atoms with Crippen LogP contribution in [0.5, 0.6) is 5.75 Å². The summed E-state index contributed by atoms with van der Waals surface area (Å²) in [6.07, 6.45) is -2.81. The van der Waals surface area contributed by atoms with Crippen molar-refractivity contribution < 1.29 is 18.3 Å². The van der Waals surface area contributed by atoms with Crippen molar-refractivity contribution in [3.63, 3.8) is 0 Å². The van der Waals surface area contributed by atoms with E-state index in [4.69, 9.17) is 5.73 Å². The van der Waals surface area contributed by atoms with Crippen molar-refractivity contribution >= 4 is 28.3 Å². The lowest BCUT2D eigenvalue weighted by Gasteiger charge is -2.13. The molecular formula is C8H8BrClF3NO. The molecule has 0 bridgehead atoms. The van der Waals surface area contributed by atoms with Crippen molar-refractivity contribution in [3.8, 4) is 5.75 Å². The van der Waals surface area contributed by atoms with Crippen LogP contribution in [0.1, 0.15) is 11.6 Å². The first-order valence-electron chi connectivity index (χ1n) is 3.65. The topological polar surface area (TPSA) is 46.2 Å². The van der Waals surface area contributed by atoms with E-state index in [1.54, 1.807) is 0 Å². The van der Waals surface area contributed by atoms with Gasteiger partial charge in [0.15, 0.2) is 0 Å². The van der Waals surface area contributed by atoms with Gasteiger partial charge >= 0.3 is 0 Å². The van der Waals surface area contributed by atoms with Gasteiger partial charge in [-0.15, -0.1) is 12.4 Å². The fourth-order valence-corrected chi connectivity index (χ4v) is 1.32. The largest absolute Gasteiger partial charge is 0.506 e. The molecule has 1 aromatic carbocycles. The summed E-state index contributed by atoms with van der Waals surface area (Å²) in [6, 6.07) is 0.375. The highest BCUT2D eigenvalue weighted by Gasteiger charge is 2.22. The molecule has 1 rings (SSSR count). The summed E-state index contributed by atoms with van der Waals surface area (Å²) in [7, 11) is 0. The fourth-order valence-electron chi connectivity index (χ4n) is 0.960. The fraction of sp³-hybridized carbons (Fsp3) is 0.250. The molecule has 0 aliphatic heterocycles. The molecule has 0 fully saturated rings. The van der Waals surface area contributed by atoms with Gasteiger partial charge in [0.2, 0.25) is 0 Å². The minimum absolute atomic E-state index is 0. The lowest BCUT2D eigenvalue weighted by molar-refractivity contribution is 0.115. The first kappa shape index (κ1) is 14.5. The molecule has 1 atom stereocenters. The Morgan fingerprint density at radius 2 is 1.87 bits per heavy atom. The molecule has 7 heteroatoms. The van der Waals surface area contributed by atoms with E-state index in [1.807, 2.05) is 0 Å². The summed E-state index contributed by atoms with van der Waals surface area (Å²) in [5.41, 5.74) is 4.92. The summed E-state index contributed by atoms with van der Waals surface area (Å²) >= 11 is 2.72. The van der Waals surface area contributed by atoms with Crippen LogP contribution in [0, 0.1) is 5.82 Å². The highest BCUT2D eigenvalue weighted by Crippen LogP contribution is 2.34. The Balaban J connectivity index is 0.00000196. The van der Waals surface area contributed by atoms with Crippen LogP contribution in [-0.4, -0.2) is 11.5 Å². The molecule has 0 radical (unpaired) electrons. The van der Waals surface area contributed by atoms with E-state index < -0.39 is 24.0 Å². The average molecular weight is 307 g/mol. The predicted octanol–water partition coefficient (Wildman–Crippen LogP) is 2.98. The number of phenolic OH excluding ortho intramolecular Hbond substituents is 1. The minimum atomic E-state index is -2.81. The molecule has 0 spiro atoms. The monoisotopic (exact) mass is 305 g/mol. The number of hydrogen-bond acceptors (Lipinski definition) is 2. The highest BCUT2D eigenvalue weighted by molar-refractivity contribution is 9.10. The molecule has 0 saturated carbocycles. The Hall–Kier alpha value is -0.460. The lowest BCUT2D eigenvalue weighted by Crippen LogP contribution is -2.19. The lowest BCUT2D eigenvalue weighted by atomic mass is 10.1. The van der Waals surface area contributed by atoms with Crippen LogP contribution in [0.3, 0.4) is 0 Å². The molecule has 0 saturated heterocycles. The Labute approximate surface area is 98.8 Å². The smallest absolute Gasteiger partial charge is 0.257 e. The Kier molecular flexibility index (Phi) is 5.41. The third-order valence-corrected chi connectivity index (χ3v) is 2.49. The van der Waals surface area contributed by atoms with Gasteiger partial charge in [0.25, 0.3) is 6.43 Å². The summed E-state index contributed by atoms with van der Waals surface area (Å²) < 4.78 is 36.9. The van der Waals surface area contributed by atoms with Gasteiger partial charge < -0.3 is 10.8 Å². The second-order valence-electron chi connectivity index (χ2n) is 2.66. The first-order valence-corrected chi connectivity index (χ1v) is 4.45. The predicted molar refractivity (Wildman–Crippen MR) is 55.9 cm³/mol. The molecule has 0 aliphatic rings. The van der Waals surface area contributed by atoms with Crippen molar-refractivity contribution in [2.45, 2.75) is 12.5 Å². The van der Waals surface area contributed by atoms with E-state index in [0.717, 1.165) is 12.1 Å². The second-order valence-corrected chi connectivity index (χ2v) is 3.45. The molecule has 15 heavy (non-hydrogen) atoms. The van der Waals surface area contributed by atoms with Gasteiger partial charge in [-0.05, 0) is 22.0 Å². The molecule has 0 amide bonds. The third-order valence-electron chi connectivity index (χ3n) is 1.73. The van der Waals surface area contributed by atoms with Gasteiger partial charge in [-0.25, -0.2) is 13.2 Å². The number of nitrogens with two attached hydrogens (primary N) is 1. The quantitative estimate of drug-likeness (QED) is 0.882. The Morgan fingerprint density at radius 3 is 2.33 bits per heavy atom. The molecule has 0 heterocycles. The zero-order valence-electron chi connectivity index (χ0n) is 7.25. The maximum atomic E-state index is 12.8. The van der Waals surface area contributed by atoms with E-state index in [9.17, 15) is 18.3 Å². The van der Waals surface area contributed by atoms with Crippen LogP contribution in [0.25, 0.3) is 0 Å². The number of benzene rings is 1. The summed E-state index contributed by atoms with van der Waals surface area (Å²) in [4.78, 5) is 0. The standard InChI is InChI=1S/C8H7BrF3NO.ClH/c9-5-4(10)2-1-3(7(5)14)6(13)8(11)12;/h1-2,6,8,14H,13H2;1H/t6-;/m0./s1. The molecule has 2 nitrogen and oxygen atoms in total. The highest BCUT2D eigenvalue weighted by atomic mass is 79.9. The summed E-state index contributed by atoms with van der Waals surface area (Å²) in [5, 5.41) is 9.30. The van der Waals surface area contributed by atoms with E-state index in [-0.39, 0.29) is 22.4 Å². The van der Waals surface area contributed by atoms with Gasteiger partial charge in [-0.1, -0.05) is 6.07 Å². The van der Waals surface area contributed by atoms with Gasteiger partial charge in [0, 0.05) is 5.56 Å². The van der Waals surface area contributed by atoms with Gasteiger partial charge in [0.1, 0.15) is 11.6 Å². The van der Waals surface area contributed by atoms with Crippen molar-refractivity contribution in [2.75, 3.05) is 0 Å². The van der Waals surface area contributed by atoms with Gasteiger partial charge in [-0.3, -0.25) is 0 Å². The summed E-state index contributed by atoms with van der Waals surface area (Å²) in [5.74, 6) is -1.31. The molecule has 86 valence electrons. The van der Waals surface area contributed by atoms with Crippen molar-refractivity contribution in [1.82, 2.24) is 0 Å². The molecule has 1 aromatic rings. The van der Waals surface area contributed by atoms with Crippen LogP contribution >= 0.6 is 28.3 Å². The van der Waals surface area contributed by atoms with Crippen LogP contribution in [0.2, 0.25) is 0 Å². The van der Waals surface area contributed by atoms with E-state index in [1.165, 1.54) is 0 Å². The second kappa shape index (κ2) is 5.58. The molecule has 3 N–H and O–H groups in total. The Bertz CT molecular complexity index is 351. The normalized spacial score (nSPS) is 12.4. The maximum absolute atomic E-state index is 12.8. The zero-order valence-corrected chi connectivity index (χ0v) is 9.66. The van der Waals surface area contributed by atoms with E-state index in [0.29, 0.717) is 0 Å². The van der Waals surface area contributed by atoms with Gasteiger partial charge in [0.05, 0.1) is 10.5 Å². The molecule has 0 unspecified atom stereocenters. The molecular weight excluding hydrogens is 298 g/mol. The Morgan fingerprint density at radius 1 is 1.33 bits per heavy atom. The third kappa shape index (κ3) is 2.99. The number of hydrogen-bond donors (Lipinski definition) is 2. The number of phenols is 1. The maximum Gasteiger partial charge on any atom is 0.257 e. The molecule has 0 aromatic heterocycles. The number of halogens is 5. The zero-order chi connectivity index (χ0) is 10.9. The van der Waals surface area contributed by atoms with E-state index in [2.05, 4.69) is 15.9 Å². The number of alkyl halides is 2.